The molecule has 0 aromatic rings. The third-order valence-electron chi connectivity index (χ3n) is 3.32. The van der Waals surface area contributed by atoms with E-state index in [-0.39, 0.29) is 0 Å². The third-order valence-corrected chi connectivity index (χ3v) is 3.32. The highest BCUT2D eigenvalue weighted by Gasteiger charge is 2.60. The Hall–Kier alpha value is -1.10. The summed E-state index contributed by atoms with van der Waals surface area (Å²) in [6.07, 6.45) is 0. The molecule has 0 aliphatic carbocycles. The summed E-state index contributed by atoms with van der Waals surface area (Å²) in [5.74, 6) is 0. The third kappa shape index (κ3) is 1.80. The average molecular weight is 222 g/mol. The molecule has 0 radical (unpaired) electrons. The molecule has 0 aliphatic heterocycles. The Balaban J connectivity index is 5.99. The lowest BCUT2D eigenvalue weighted by atomic mass is 9.55. The molecule has 0 spiro atoms. The van der Waals surface area contributed by atoms with Crippen LogP contribution in [0.3, 0.4) is 0 Å². The smallest absolute Gasteiger partial charge is 0.179 e. The minimum atomic E-state index is -1.43. The second-order valence-corrected chi connectivity index (χ2v) is 6.34. The molecule has 0 amide bonds. The Morgan fingerprint density at radius 1 is 0.750 bits per heavy atom. The zero-order valence-corrected chi connectivity index (χ0v) is 11.0. The Morgan fingerprint density at radius 3 is 1.12 bits per heavy atom. The molecular formula is C12H22N4. The summed E-state index contributed by atoms with van der Waals surface area (Å²) >= 11 is 0. The second-order valence-electron chi connectivity index (χ2n) is 6.34. The summed E-state index contributed by atoms with van der Waals surface area (Å²) in [5.41, 5.74) is 8.24. The monoisotopic (exact) mass is 222 g/mol. The van der Waals surface area contributed by atoms with Crippen molar-refractivity contribution >= 4 is 0 Å². The summed E-state index contributed by atoms with van der Waals surface area (Å²) in [4.78, 5) is 0. The summed E-state index contributed by atoms with van der Waals surface area (Å²) < 4.78 is 0. The van der Waals surface area contributed by atoms with Gasteiger partial charge in [-0.3, -0.25) is 0 Å². The van der Waals surface area contributed by atoms with Gasteiger partial charge in [0.15, 0.2) is 5.41 Å². The lowest BCUT2D eigenvalue weighted by Gasteiger charge is -2.51. The van der Waals surface area contributed by atoms with Gasteiger partial charge in [0.2, 0.25) is 0 Å². The van der Waals surface area contributed by atoms with Gasteiger partial charge in [-0.05, 0) is 10.8 Å². The van der Waals surface area contributed by atoms with Crippen LogP contribution in [0.25, 0.3) is 0 Å². The van der Waals surface area contributed by atoms with E-state index in [2.05, 4.69) is 0 Å². The van der Waals surface area contributed by atoms with E-state index in [0.717, 1.165) is 0 Å². The number of hydrogen-bond acceptors (Lipinski definition) is 4. The van der Waals surface area contributed by atoms with E-state index in [1.807, 2.05) is 32.9 Å². The van der Waals surface area contributed by atoms with Gasteiger partial charge in [-0.2, -0.15) is 10.5 Å². The number of rotatable bonds is 1. The molecule has 4 nitrogen and oxygen atoms in total. The first kappa shape index (κ1) is 14.9. The molecule has 0 rings (SSSR count). The van der Waals surface area contributed by atoms with Crippen LogP contribution in [0.2, 0.25) is 0 Å². The van der Waals surface area contributed by atoms with Gasteiger partial charge in [0, 0.05) is 0 Å². The van der Waals surface area contributed by atoms with Crippen LogP contribution in [-0.4, -0.2) is 5.66 Å². The van der Waals surface area contributed by atoms with Crippen molar-refractivity contribution in [1.82, 2.24) is 0 Å². The molecule has 0 fully saturated rings. The molecule has 0 unspecified atom stereocenters. The van der Waals surface area contributed by atoms with Crippen LogP contribution in [0.4, 0.5) is 0 Å². The van der Waals surface area contributed by atoms with Crippen molar-refractivity contribution < 1.29 is 0 Å². The van der Waals surface area contributed by atoms with Crippen LogP contribution in [0, 0.1) is 38.9 Å². The van der Waals surface area contributed by atoms with Crippen LogP contribution >= 0.6 is 0 Å². The molecule has 0 aromatic carbocycles. The SMILES string of the molecule is CC(C)(C)C(N)(N)C(C#N)(C#N)C(C)(C)C. The lowest BCUT2D eigenvalue weighted by molar-refractivity contribution is 0.0273. The van der Waals surface area contributed by atoms with E-state index >= 15 is 0 Å². The first-order valence-electron chi connectivity index (χ1n) is 5.27. The summed E-state index contributed by atoms with van der Waals surface area (Å²) in [5, 5.41) is 18.8. The van der Waals surface area contributed by atoms with Crippen molar-refractivity contribution in [1.29, 1.82) is 10.5 Å². The topological polar surface area (TPSA) is 99.6 Å². The highest BCUT2D eigenvalue weighted by atomic mass is 15.0. The molecule has 0 bridgehead atoms. The predicted molar refractivity (Wildman–Crippen MR) is 63.7 cm³/mol. The minimum absolute atomic E-state index is 0.550. The van der Waals surface area contributed by atoms with E-state index in [1.165, 1.54) is 0 Å². The molecule has 16 heavy (non-hydrogen) atoms. The van der Waals surface area contributed by atoms with Crippen LogP contribution in [-0.2, 0) is 0 Å². The Labute approximate surface area is 98.2 Å². The van der Waals surface area contributed by atoms with Gasteiger partial charge in [0.05, 0.1) is 12.1 Å². The number of hydrogen-bond donors (Lipinski definition) is 2. The number of nitrogens with zero attached hydrogens (tertiary/aromatic N) is 2. The van der Waals surface area contributed by atoms with E-state index in [1.54, 1.807) is 20.8 Å². The maximum atomic E-state index is 9.38. The Kier molecular flexibility index (Phi) is 3.47. The number of nitrogens with two attached hydrogens (primary N) is 2. The van der Waals surface area contributed by atoms with Gasteiger partial charge < -0.3 is 11.5 Å². The van der Waals surface area contributed by atoms with Gasteiger partial charge >= 0.3 is 0 Å². The summed E-state index contributed by atoms with van der Waals surface area (Å²) in [6, 6.07) is 4.08. The maximum absolute atomic E-state index is 9.38. The van der Waals surface area contributed by atoms with Gasteiger partial charge in [-0.1, -0.05) is 41.5 Å². The molecule has 0 heterocycles. The number of nitriles is 2. The fraction of sp³-hybridized carbons (Fsp3) is 0.833. The van der Waals surface area contributed by atoms with E-state index in [4.69, 9.17) is 11.5 Å². The fourth-order valence-corrected chi connectivity index (χ4v) is 1.73. The van der Waals surface area contributed by atoms with Crippen molar-refractivity contribution in [3.05, 3.63) is 0 Å². The standard InChI is InChI=1S/C12H22N4/c1-9(2,3)11(7-13,8-14)12(15,16)10(4,5)6/h15-16H2,1-6H3. The normalized spacial score (nSPS) is 14.1. The van der Waals surface area contributed by atoms with Crippen LogP contribution in [0.1, 0.15) is 41.5 Å². The van der Waals surface area contributed by atoms with Gasteiger partial charge in [-0.15, -0.1) is 0 Å². The van der Waals surface area contributed by atoms with Crippen LogP contribution in [0.15, 0.2) is 0 Å². The van der Waals surface area contributed by atoms with E-state index in [0.29, 0.717) is 0 Å². The quantitative estimate of drug-likeness (QED) is 0.660. The molecule has 4 N–H and O–H groups in total. The fourth-order valence-electron chi connectivity index (χ4n) is 1.73. The van der Waals surface area contributed by atoms with E-state index < -0.39 is 21.9 Å². The highest BCUT2D eigenvalue weighted by molar-refractivity contribution is 5.29. The molecule has 90 valence electrons. The van der Waals surface area contributed by atoms with Crippen molar-refractivity contribution in [2.24, 2.45) is 27.7 Å². The molecule has 0 atom stereocenters. The largest absolute Gasteiger partial charge is 0.311 e. The molecule has 0 saturated heterocycles. The van der Waals surface area contributed by atoms with Gasteiger partial charge in [-0.25, -0.2) is 0 Å². The molecular weight excluding hydrogens is 200 g/mol. The van der Waals surface area contributed by atoms with Crippen LogP contribution < -0.4 is 11.5 Å². The molecule has 4 heteroatoms. The Morgan fingerprint density at radius 2 is 1.06 bits per heavy atom. The first-order valence-corrected chi connectivity index (χ1v) is 5.27. The summed E-state index contributed by atoms with van der Waals surface area (Å²) in [7, 11) is 0. The second kappa shape index (κ2) is 3.73. The highest BCUT2D eigenvalue weighted by Crippen LogP contribution is 2.49. The van der Waals surface area contributed by atoms with Crippen LogP contribution in [0.5, 0.6) is 0 Å². The van der Waals surface area contributed by atoms with Crippen molar-refractivity contribution in [3.8, 4) is 12.1 Å². The Bertz CT molecular complexity index is 327. The van der Waals surface area contributed by atoms with Gasteiger partial charge in [0.1, 0.15) is 5.66 Å². The molecule has 0 aliphatic rings. The van der Waals surface area contributed by atoms with Crippen molar-refractivity contribution in [2.75, 3.05) is 0 Å². The first-order chi connectivity index (χ1) is 6.87. The zero-order chi connectivity index (χ0) is 13.4. The van der Waals surface area contributed by atoms with E-state index in [9.17, 15) is 10.5 Å². The van der Waals surface area contributed by atoms with Gasteiger partial charge in [0.25, 0.3) is 0 Å². The molecule has 0 saturated carbocycles. The van der Waals surface area contributed by atoms with Crippen molar-refractivity contribution in [3.63, 3.8) is 0 Å². The lowest BCUT2D eigenvalue weighted by Crippen LogP contribution is -2.72. The summed E-state index contributed by atoms with van der Waals surface area (Å²) in [6.45, 7) is 10.9. The van der Waals surface area contributed by atoms with Crippen molar-refractivity contribution in [2.45, 2.75) is 47.2 Å². The zero-order valence-electron chi connectivity index (χ0n) is 11.0. The average Bonchev–Trinajstić information content (AvgIpc) is 2.01. The minimum Gasteiger partial charge on any atom is -0.311 e. The predicted octanol–water partition coefficient (Wildman–Crippen LogP) is 1.73. The maximum Gasteiger partial charge on any atom is 0.179 e. The molecule has 0 aromatic heterocycles.